The topological polar surface area (TPSA) is 67.2 Å². The summed E-state index contributed by atoms with van der Waals surface area (Å²) in [7, 11) is 1.77. The molecule has 0 spiro atoms. The number of nitrogens with one attached hydrogen (secondary N) is 2. The standard InChI is InChI=1S/C14H19N3O2/c1-9-17-11-7-10(5-6-12(11)19-9)8-16-13(18)14(2,3)15-4/h5-7,15H,8H2,1-4H3,(H,16,18). The maximum Gasteiger partial charge on any atom is 0.239 e. The second-order valence-corrected chi connectivity index (χ2v) is 5.09. The number of aromatic nitrogens is 1. The average Bonchev–Trinajstić information content (AvgIpc) is 2.74. The maximum atomic E-state index is 11.9. The number of hydrogen-bond donors (Lipinski definition) is 2. The third-order valence-corrected chi connectivity index (χ3v) is 3.20. The van der Waals surface area contributed by atoms with Gasteiger partial charge >= 0.3 is 0 Å². The zero-order chi connectivity index (χ0) is 14.0. The maximum absolute atomic E-state index is 11.9. The van der Waals surface area contributed by atoms with Gasteiger partial charge in [0, 0.05) is 13.5 Å². The average molecular weight is 261 g/mol. The Hall–Kier alpha value is -1.88. The van der Waals surface area contributed by atoms with E-state index in [4.69, 9.17) is 4.42 Å². The molecule has 2 rings (SSSR count). The fraction of sp³-hybridized carbons (Fsp3) is 0.429. The first-order valence-corrected chi connectivity index (χ1v) is 6.25. The van der Waals surface area contributed by atoms with Crippen molar-refractivity contribution in [3.63, 3.8) is 0 Å². The van der Waals surface area contributed by atoms with Crippen LogP contribution in [0.4, 0.5) is 0 Å². The Bertz CT molecular complexity index is 602. The van der Waals surface area contributed by atoms with E-state index in [0.29, 0.717) is 12.4 Å². The molecule has 0 bridgehead atoms. The molecule has 0 aliphatic carbocycles. The smallest absolute Gasteiger partial charge is 0.239 e. The van der Waals surface area contributed by atoms with E-state index in [0.717, 1.165) is 16.7 Å². The number of carbonyl (C=O) groups is 1. The van der Waals surface area contributed by atoms with Crippen LogP contribution in [0, 0.1) is 6.92 Å². The molecular formula is C14H19N3O2. The minimum atomic E-state index is -0.575. The van der Waals surface area contributed by atoms with Crippen LogP contribution in [0.1, 0.15) is 25.3 Å². The third-order valence-electron chi connectivity index (χ3n) is 3.20. The number of fused-ring (bicyclic) bond motifs is 1. The van der Waals surface area contributed by atoms with Gasteiger partial charge in [0.15, 0.2) is 11.5 Å². The summed E-state index contributed by atoms with van der Waals surface area (Å²) in [5, 5.41) is 5.87. The van der Waals surface area contributed by atoms with Gasteiger partial charge in [0.05, 0.1) is 5.54 Å². The predicted octanol–water partition coefficient (Wildman–Crippen LogP) is 1.75. The highest BCUT2D eigenvalue weighted by atomic mass is 16.3. The Kier molecular flexibility index (Phi) is 3.57. The number of rotatable bonds is 4. The van der Waals surface area contributed by atoms with E-state index in [1.807, 2.05) is 39.0 Å². The van der Waals surface area contributed by atoms with Crippen LogP contribution in [0.3, 0.4) is 0 Å². The van der Waals surface area contributed by atoms with Crippen LogP contribution in [0.2, 0.25) is 0 Å². The van der Waals surface area contributed by atoms with Crippen LogP contribution in [0.25, 0.3) is 11.1 Å². The monoisotopic (exact) mass is 261 g/mol. The molecule has 5 heteroatoms. The van der Waals surface area contributed by atoms with Crippen molar-refractivity contribution < 1.29 is 9.21 Å². The van der Waals surface area contributed by atoms with Crippen molar-refractivity contribution in [1.29, 1.82) is 0 Å². The van der Waals surface area contributed by atoms with Gasteiger partial charge in [0.1, 0.15) is 5.52 Å². The van der Waals surface area contributed by atoms with Crippen molar-refractivity contribution in [1.82, 2.24) is 15.6 Å². The van der Waals surface area contributed by atoms with Crippen LogP contribution in [0.5, 0.6) is 0 Å². The Morgan fingerprint density at radius 1 is 1.42 bits per heavy atom. The molecular weight excluding hydrogens is 242 g/mol. The number of nitrogens with zero attached hydrogens (tertiary/aromatic N) is 1. The molecule has 2 aromatic rings. The lowest BCUT2D eigenvalue weighted by Gasteiger charge is -2.22. The van der Waals surface area contributed by atoms with Crippen molar-refractivity contribution in [3.8, 4) is 0 Å². The van der Waals surface area contributed by atoms with Gasteiger partial charge in [0.2, 0.25) is 5.91 Å². The molecule has 1 aromatic carbocycles. The van der Waals surface area contributed by atoms with Gasteiger partial charge in [0.25, 0.3) is 0 Å². The summed E-state index contributed by atoms with van der Waals surface area (Å²) in [5.74, 6) is 0.610. The summed E-state index contributed by atoms with van der Waals surface area (Å²) in [4.78, 5) is 16.2. The minimum Gasteiger partial charge on any atom is -0.441 e. The SMILES string of the molecule is CNC(C)(C)C(=O)NCc1ccc2oc(C)nc2c1. The molecule has 2 N–H and O–H groups in total. The summed E-state index contributed by atoms with van der Waals surface area (Å²) >= 11 is 0. The van der Waals surface area contributed by atoms with Gasteiger partial charge < -0.3 is 15.1 Å². The van der Waals surface area contributed by atoms with E-state index in [1.54, 1.807) is 7.05 Å². The predicted molar refractivity (Wildman–Crippen MR) is 73.7 cm³/mol. The Balaban J connectivity index is 2.07. The van der Waals surface area contributed by atoms with E-state index in [1.165, 1.54) is 0 Å². The lowest BCUT2D eigenvalue weighted by molar-refractivity contribution is -0.126. The van der Waals surface area contributed by atoms with E-state index >= 15 is 0 Å². The summed E-state index contributed by atoms with van der Waals surface area (Å²) in [6, 6.07) is 5.73. The molecule has 0 unspecified atom stereocenters. The van der Waals surface area contributed by atoms with Crippen molar-refractivity contribution in [2.75, 3.05) is 7.05 Å². The Labute approximate surface area is 112 Å². The Morgan fingerprint density at radius 3 is 2.84 bits per heavy atom. The van der Waals surface area contributed by atoms with Crippen LogP contribution in [0.15, 0.2) is 22.6 Å². The molecule has 1 amide bonds. The first-order chi connectivity index (χ1) is 8.92. The Morgan fingerprint density at radius 2 is 2.16 bits per heavy atom. The fourth-order valence-electron chi connectivity index (χ4n) is 1.72. The number of benzene rings is 1. The van der Waals surface area contributed by atoms with Crippen molar-refractivity contribution in [3.05, 3.63) is 29.7 Å². The van der Waals surface area contributed by atoms with E-state index in [-0.39, 0.29) is 5.91 Å². The minimum absolute atomic E-state index is 0.0357. The molecule has 1 heterocycles. The van der Waals surface area contributed by atoms with Gasteiger partial charge in [-0.2, -0.15) is 0 Å². The molecule has 0 atom stereocenters. The van der Waals surface area contributed by atoms with Crippen LogP contribution in [-0.4, -0.2) is 23.5 Å². The molecule has 0 saturated heterocycles. The van der Waals surface area contributed by atoms with E-state index < -0.39 is 5.54 Å². The highest BCUT2D eigenvalue weighted by Gasteiger charge is 2.24. The highest BCUT2D eigenvalue weighted by Crippen LogP contribution is 2.16. The van der Waals surface area contributed by atoms with Gasteiger partial charge in [-0.25, -0.2) is 4.98 Å². The molecule has 0 fully saturated rings. The fourth-order valence-corrected chi connectivity index (χ4v) is 1.72. The van der Waals surface area contributed by atoms with Crippen LogP contribution >= 0.6 is 0 Å². The first-order valence-electron chi connectivity index (χ1n) is 6.25. The molecule has 0 aliphatic heterocycles. The number of likely N-dealkylation sites (N-methyl/N-ethyl adjacent to an activating group) is 1. The number of amides is 1. The molecule has 0 saturated carbocycles. The highest BCUT2D eigenvalue weighted by molar-refractivity contribution is 5.85. The van der Waals surface area contributed by atoms with Crippen molar-refractivity contribution >= 4 is 17.0 Å². The summed E-state index contributed by atoms with van der Waals surface area (Å²) in [6.45, 7) is 5.97. The molecule has 0 radical (unpaired) electrons. The summed E-state index contributed by atoms with van der Waals surface area (Å²) in [5.41, 5.74) is 2.01. The first kappa shape index (κ1) is 13.5. The molecule has 5 nitrogen and oxygen atoms in total. The molecule has 0 aliphatic rings. The van der Waals surface area contributed by atoms with Crippen molar-refractivity contribution in [2.24, 2.45) is 0 Å². The molecule has 102 valence electrons. The van der Waals surface area contributed by atoms with Crippen molar-refractivity contribution in [2.45, 2.75) is 32.9 Å². The number of oxazole rings is 1. The largest absolute Gasteiger partial charge is 0.441 e. The van der Waals surface area contributed by atoms with Gasteiger partial charge in [-0.3, -0.25) is 4.79 Å². The summed E-state index contributed by atoms with van der Waals surface area (Å²) < 4.78 is 5.41. The van der Waals surface area contributed by atoms with E-state index in [9.17, 15) is 4.79 Å². The van der Waals surface area contributed by atoms with Gasteiger partial charge in [-0.1, -0.05) is 6.07 Å². The number of carbonyl (C=O) groups excluding carboxylic acids is 1. The summed E-state index contributed by atoms with van der Waals surface area (Å²) in [6.07, 6.45) is 0. The third kappa shape index (κ3) is 2.93. The van der Waals surface area contributed by atoms with Gasteiger partial charge in [-0.15, -0.1) is 0 Å². The zero-order valence-electron chi connectivity index (χ0n) is 11.7. The quantitative estimate of drug-likeness (QED) is 0.880. The van der Waals surface area contributed by atoms with Crippen LogP contribution in [-0.2, 0) is 11.3 Å². The number of hydrogen-bond acceptors (Lipinski definition) is 4. The van der Waals surface area contributed by atoms with Crippen LogP contribution < -0.4 is 10.6 Å². The lowest BCUT2D eigenvalue weighted by Crippen LogP contribution is -2.50. The second-order valence-electron chi connectivity index (χ2n) is 5.09. The lowest BCUT2D eigenvalue weighted by atomic mass is 10.1. The second kappa shape index (κ2) is 5.01. The van der Waals surface area contributed by atoms with E-state index in [2.05, 4.69) is 15.6 Å². The molecule has 19 heavy (non-hydrogen) atoms. The van der Waals surface area contributed by atoms with Gasteiger partial charge in [-0.05, 0) is 38.6 Å². The zero-order valence-corrected chi connectivity index (χ0v) is 11.7. The molecule has 1 aromatic heterocycles. The normalized spacial score (nSPS) is 11.8. The number of aryl methyl sites for hydroxylation is 1.